The summed E-state index contributed by atoms with van der Waals surface area (Å²) in [6.45, 7) is 4.99. The zero-order valence-electron chi connectivity index (χ0n) is 12.8. The Kier molecular flexibility index (Phi) is 5.37. The molecule has 4 nitrogen and oxygen atoms in total. The molecule has 0 bridgehead atoms. The number of hydrogen-bond donors (Lipinski definition) is 1. The normalized spacial score (nSPS) is 11.2. The van der Waals surface area contributed by atoms with Crippen LogP contribution >= 0.6 is 22.7 Å². The Balaban J connectivity index is 1.84. The van der Waals surface area contributed by atoms with Crippen LogP contribution in [0, 0.1) is 0 Å². The maximum Gasteiger partial charge on any atom is 0.303 e. The Morgan fingerprint density at radius 1 is 1.23 bits per heavy atom. The summed E-state index contributed by atoms with van der Waals surface area (Å²) in [5.41, 5.74) is -1.14. The summed E-state index contributed by atoms with van der Waals surface area (Å²) in [6, 6.07) is 8.33. The van der Waals surface area contributed by atoms with E-state index in [1.54, 1.807) is 36.5 Å². The highest BCUT2D eigenvalue weighted by atomic mass is 32.1. The third kappa shape index (κ3) is 4.42. The summed E-state index contributed by atoms with van der Waals surface area (Å²) in [6.07, 6.45) is 0.762. The van der Waals surface area contributed by atoms with Gasteiger partial charge in [0.1, 0.15) is 0 Å². The zero-order chi connectivity index (χ0) is 16.2. The molecule has 0 aliphatic rings. The second-order valence-electron chi connectivity index (χ2n) is 5.35. The van der Waals surface area contributed by atoms with Crippen LogP contribution in [0.3, 0.4) is 0 Å². The van der Waals surface area contributed by atoms with E-state index in [-0.39, 0.29) is 5.91 Å². The molecule has 0 saturated carbocycles. The molecule has 2 aromatic heterocycles. The summed E-state index contributed by atoms with van der Waals surface area (Å²) >= 11 is 3.45. The van der Waals surface area contributed by atoms with Gasteiger partial charge in [0.25, 0.3) is 5.91 Å². The molecule has 0 fully saturated rings. The summed E-state index contributed by atoms with van der Waals surface area (Å²) in [5, 5.41) is 4.88. The summed E-state index contributed by atoms with van der Waals surface area (Å²) in [7, 11) is 0. The lowest BCUT2D eigenvalue weighted by Gasteiger charge is -2.23. The van der Waals surface area contributed by atoms with Crippen LogP contribution in [0.4, 0.5) is 0 Å². The fraction of sp³-hybridized carbons (Fsp3) is 0.375. The number of rotatable bonds is 6. The zero-order valence-corrected chi connectivity index (χ0v) is 14.5. The molecule has 0 aromatic carbocycles. The summed E-state index contributed by atoms with van der Waals surface area (Å²) in [4.78, 5) is 26.7. The van der Waals surface area contributed by atoms with E-state index in [0.29, 0.717) is 6.54 Å². The fourth-order valence-corrected chi connectivity index (χ4v) is 3.82. The second-order valence-corrected chi connectivity index (χ2v) is 7.47. The standard InChI is InChI=1S/C16H19NO3S2/c1-11(18)20-16(2,3)15(19)17-9-8-12-6-7-14(22-12)13-5-4-10-21-13/h4-7,10H,8-9H2,1-3H3,(H,17,19). The summed E-state index contributed by atoms with van der Waals surface area (Å²) < 4.78 is 5.01. The highest BCUT2D eigenvalue weighted by Crippen LogP contribution is 2.31. The molecule has 2 rings (SSSR count). The molecule has 2 heterocycles. The van der Waals surface area contributed by atoms with Gasteiger partial charge in [-0.2, -0.15) is 0 Å². The highest BCUT2D eigenvalue weighted by molar-refractivity contribution is 7.21. The van der Waals surface area contributed by atoms with E-state index in [1.807, 2.05) is 6.07 Å². The predicted molar refractivity (Wildman–Crippen MR) is 90.2 cm³/mol. The molecule has 6 heteroatoms. The summed E-state index contributed by atoms with van der Waals surface area (Å²) in [5.74, 6) is -0.739. The number of amides is 1. The third-order valence-corrected chi connectivity index (χ3v) is 5.24. The van der Waals surface area contributed by atoms with Gasteiger partial charge in [0.15, 0.2) is 5.60 Å². The molecule has 22 heavy (non-hydrogen) atoms. The second kappa shape index (κ2) is 7.07. The van der Waals surface area contributed by atoms with Crippen LogP contribution in [0.15, 0.2) is 29.6 Å². The van der Waals surface area contributed by atoms with Crippen molar-refractivity contribution < 1.29 is 14.3 Å². The van der Waals surface area contributed by atoms with Gasteiger partial charge in [-0.05, 0) is 43.8 Å². The van der Waals surface area contributed by atoms with Gasteiger partial charge in [0.05, 0.1) is 0 Å². The topological polar surface area (TPSA) is 55.4 Å². The van der Waals surface area contributed by atoms with E-state index in [9.17, 15) is 9.59 Å². The van der Waals surface area contributed by atoms with Crippen LogP contribution < -0.4 is 5.32 Å². The first kappa shape index (κ1) is 16.7. The van der Waals surface area contributed by atoms with Gasteiger partial charge >= 0.3 is 5.97 Å². The van der Waals surface area contributed by atoms with Crippen LogP contribution in [0.2, 0.25) is 0 Å². The van der Waals surface area contributed by atoms with Crippen molar-refractivity contribution in [3.05, 3.63) is 34.5 Å². The van der Waals surface area contributed by atoms with Crippen molar-refractivity contribution in [3.8, 4) is 9.75 Å². The van der Waals surface area contributed by atoms with Crippen LogP contribution in [0.1, 0.15) is 25.6 Å². The third-order valence-electron chi connectivity index (χ3n) is 3.03. The molecule has 0 atom stereocenters. The van der Waals surface area contributed by atoms with Crippen molar-refractivity contribution >= 4 is 34.6 Å². The number of thiophene rings is 2. The molecule has 0 saturated heterocycles. The number of nitrogens with one attached hydrogen (secondary N) is 1. The number of hydrogen-bond acceptors (Lipinski definition) is 5. The lowest BCUT2D eigenvalue weighted by Crippen LogP contribution is -2.45. The molecule has 1 N–H and O–H groups in total. The maximum atomic E-state index is 12.0. The maximum absolute atomic E-state index is 12.0. The minimum Gasteiger partial charge on any atom is -0.450 e. The average molecular weight is 337 g/mol. The predicted octanol–water partition coefficient (Wildman–Crippen LogP) is 3.48. The van der Waals surface area contributed by atoms with Gasteiger partial charge in [0.2, 0.25) is 0 Å². The van der Waals surface area contributed by atoms with Gasteiger partial charge in [-0.25, -0.2) is 0 Å². The molecule has 0 unspecified atom stereocenters. The van der Waals surface area contributed by atoms with Crippen molar-refractivity contribution in [2.24, 2.45) is 0 Å². The van der Waals surface area contributed by atoms with Crippen LogP contribution in [-0.2, 0) is 20.7 Å². The average Bonchev–Trinajstić information content (AvgIpc) is 3.07. The molecule has 0 aliphatic carbocycles. The van der Waals surface area contributed by atoms with E-state index in [0.717, 1.165) is 6.42 Å². The molecule has 1 amide bonds. The molecule has 0 spiro atoms. The van der Waals surface area contributed by atoms with E-state index in [4.69, 9.17) is 4.74 Å². The molecular weight excluding hydrogens is 318 g/mol. The highest BCUT2D eigenvalue weighted by Gasteiger charge is 2.30. The van der Waals surface area contributed by atoms with E-state index in [2.05, 4.69) is 28.9 Å². The molecule has 0 radical (unpaired) electrons. The van der Waals surface area contributed by atoms with Crippen molar-refractivity contribution in [3.63, 3.8) is 0 Å². The van der Waals surface area contributed by atoms with E-state index >= 15 is 0 Å². The Labute approximate surface area is 138 Å². The van der Waals surface area contributed by atoms with E-state index in [1.165, 1.54) is 21.6 Å². The van der Waals surface area contributed by atoms with Crippen molar-refractivity contribution in [1.29, 1.82) is 0 Å². The first-order valence-corrected chi connectivity index (χ1v) is 8.68. The van der Waals surface area contributed by atoms with Crippen molar-refractivity contribution in [1.82, 2.24) is 5.32 Å². The lowest BCUT2D eigenvalue weighted by atomic mass is 10.1. The first-order chi connectivity index (χ1) is 10.4. The van der Waals surface area contributed by atoms with Gasteiger partial charge in [-0.1, -0.05) is 6.07 Å². The van der Waals surface area contributed by atoms with Crippen LogP contribution in [-0.4, -0.2) is 24.0 Å². The van der Waals surface area contributed by atoms with Crippen molar-refractivity contribution in [2.45, 2.75) is 32.8 Å². The van der Waals surface area contributed by atoms with Gasteiger partial charge in [0, 0.05) is 28.1 Å². The number of ether oxygens (including phenoxy) is 1. The molecule has 118 valence electrons. The molecular formula is C16H19NO3S2. The van der Waals surface area contributed by atoms with Crippen LogP contribution in [0.5, 0.6) is 0 Å². The number of carbonyl (C=O) groups excluding carboxylic acids is 2. The largest absolute Gasteiger partial charge is 0.450 e. The Morgan fingerprint density at radius 2 is 2.00 bits per heavy atom. The van der Waals surface area contributed by atoms with Crippen molar-refractivity contribution in [2.75, 3.05) is 6.54 Å². The first-order valence-electron chi connectivity index (χ1n) is 6.99. The fourth-order valence-electron chi connectivity index (χ4n) is 1.98. The van der Waals surface area contributed by atoms with Crippen LogP contribution in [0.25, 0.3) is 9.75 Å². The minimum atomic E-state index is -1.14. The smallest absolute Gasteiger partial charge is 0.303 e. The Morgan fingerprint density at radius 3 is 2.64 bits per heavy atom. The SMILES string of the molecule is CC(=O)OC(C)(C)C(=O)NCCc1ccc(-c2cccs2)s1. The monoisotopic (exact) mass is 337 g/mol. The van der Waals surface area contributed by atoms with Gasteiger partial charge in [-0.3, -0.25) is 9.59 Å². The Bertz CT molecular complexity index is 644. The molecule has 0 aliphatic heterocycles. The van der Waals surface area contributed by atoms with Gasteiger partial charge < -0.3 is 10.1 Å². The Hall–Kier alpha value is -1.66. The molecule has 2 aromatic rings. The minimum absolute atomic E-state index is 0.280. The van der Waals surface area contributed by atoms with Gasteiger partial charge in [-0.15, -0.1) is 22.7 Å². The number of carbonyl (C=O) groups is 2. The quantitative estimate of drug-likeness (QED) is 0.821. The number of esters is 1. The van der Waals surface area contributed by atoms with E-state index < -0.39 is 11.6 Å². The lowest BCUT2D eigenvalue weighted by molar-refractivity contribution is -0.162.